The van der Waals surface area contributed by atoms with Crippen molar-refractivity contribution in [3.63, 3.8) is 0 Å². The van der Waals surface area contributed by atoms with Gasteiger partial charge < -0.3 is 20.1 Å². The number of amides is 1. The van der Waals surface area contributed by atoms with Crippen molar-refractivity contribution < 1.29 is 14.3 Å². The van der Waals surface area contributed by atoms with Gasteiger partial charge in [0.2, 0.25) is 0 Å². The molecule has 1 aliphatic heterocycles. The summed E-state index contributed by atoms with van der Waals surface area (Å²) >= 11 is 0. The molecule has 0 spiro atoms. The highest BCUT2D eigenvalue weighted by atomic mass is 35.5. The molecule has 2 rings (SSSR count). The summed E-state index contributed by atoms with van der Waals surface area (Å²) in [6.07, 6.45) is 6.04. The fraction of sp³-hybridized carbons (Fsp3) is 0.471. The lowest BCUT2D eigenvalue weighted by molar-refractivity contribution is -0.123. The molecule has 0 aromatic heterocycles. The van der Waals surface area contributed by atoms with E-state index in [1.54, 1.807) is 7.11 Å². The van der Waals surface area contributed by atoms with Gasteiger partial charge in [0.1, 0.15) is 0 Å². The SMILES string of the molecule is C/C=C/c1ccc(OCC(=O)N[C@H]2CCCNC2)c(OC)c1.Cl. The Morgan fingerprint density at radius 1 is 1.43 bits per heavy atom. The quantitative estimate of drug-likeness (QED) is 0.835. The van der Waals surface area contributed by atoms with Crippen LogP contribution in [0, 0.1) is 0 Å². The number of methoxy groups -OCH3 is 1. The first-order chi connectivity index (χ1) is 10.7. The molecular weight excluding hydrogens is 316 g/mol. The van der Waals surface area contributed by atoms with E-state index in [0.29, 0.717) is 11.5 Å². The Balaban J connectivity index is 0.00000264. The Bertz CT molecular complexity index is 529. The monoisotopic (exact) mass is 340 g/mol. The highest BCUT2D eigenvalue weighted by Crippen LogP contribution is 2.28. The van der Waals surface area contributed by atoms with Gasteiger partial charge in [0.05, 0.1) is 7.11 Å². The Labute approximate surface area is 143 Å². The van der Waals surface area contributed by atoms with Crippen LogP contribution in [-0.2, 0) is 4.79 Å². The molecule has 2 N–H and O–H groups in total. The number of hydrogen-bond donors (Lipinski definition) is 2. The summed E-state index contributed by atoms with van der Waals surface area (Å²) in [6, 6.07) is 5.84. The van der Waals surface area contributed by atoms with E-state index in [4.69, 9.17) is 9.47 Å². The Kier molecular flexibility index (Phi) is 8.51. The smallest absolute Gasteiger partial charge is 0.258 e. The number of carbonyl (C=O) groups excluding carboxylic acids is 1. The molecule has 0 radical (unpaired) electrons. The predicted molar refractivity (Wildman–Crippen MR) is 94.5 cm³/mol. The van der Waals surface area contributed by atoms with Gasteiger partial charge in [0.15, 0.2) is 18.1 Å². The number of ether oxygens (including phenoxy) is 2. The second-order valence-electron chi connectivity index (χ2n) is 5.31. The van der Waals surface area contributed by atoms with E-state index in [1.807, 2.05) is 37.3 Å². The highest BCUT2D eigenvalue weighted by molar-refractivity contribution is 5.85. The van der Waals surface area contributed by atoms with Crippen molar-refractivity contribution >= 4 is 24.4 Å². The van der Waals surface area contributed by atoms with Crippen LogP contribution in [0.15, 0.2) is 24.3 Å². The summed E-state index contributed by atoms with van der Waals surface area (Å²) < 4.78 is 10.9. The maximum atomic E-state index is 11.9. The number of carbonyl (C=O) groups is 1. The summed E-state index contributed by atoms with van der Waals surface area (Å²) in [6.45, 7) is 3.81. The molecule has 1 heterocycles. The van der Waals surface area contributed by atoms with Crippen LogP contribution in [0.3, 0.4) is 0 Å². The molecule has 0 bridgehead atoms. The van der Waals surface area contributed by atoms with Crippen molar-refractivity contribution in [3.05, 3.63) is 29.8 Å². The number of rotatable bonds is 6. The van der Waals surface area contributed by atoms with Crippen molar-refractivity contribution in [2.45, 2.75) is 25.8 Å². The average Bonchev–Trinajstić information content (AvgIpc) is 2.54. The number of nitrogens with one attached hydrogen (secondary N) is 2. The number of benzene rings is 1. The maximum Gasteiger partial charge on any atom is 0.258 e. The van der Waals surface area contributed by atoms with Gasteiger partial charge in [-0.25, -0.2) is 0 Å². The lowest BCUT2D eigenvalue weighted by atomic mass is 10.1. The van der Waals surface area contributed by atoms with E-state index in [2.05, 4.69) is 10.6 Å². The molecule has 0 aliphatic carbocycles. The van der Waals surface area contributed by atoms with Crippen molar-refractivity contribution in [2.24, 2.45) is 0 Å². The van der Waals surface area contributed by atoms with Gasteiger partial charge in [0.25, 0.3) is 5.91 Å². The molecule has 1 aliphatic rings. The van der Waals surface area contributed by atoms with Crippen LogP contribution < -0.4 is 20.1 Å². The van der Waals surface area contributed by atoms with E-state index >= 15 is 0 Å². The van der Waals surface area contributed by atoms with Crippen LogP contribution in [0.4, 0.5) is 0 Å². The van der Waals surface area contributed by atoms with Gasteiger partial charge in [-0.3, -0.25) is 4.79 Å². The summed E-state index contributed by atoms with van der Waals surface area (Å²) in [5.74, 6) is 1.10. The lowest BCUT2D eigenvalue weighted by Gasteiger charge is -2.23. The Hall–Kier alpha value is -1.72. The number of allylic oxidation sites excluding steroid dienone is 1. The van der Waals surface area contributed by atoms with Gasteiger partial charge in [-0.1, -0.05) is 18.2 Å². The summed E-state index contributed by atoms with van der Waals surface area (Å²) in [7, 11) is 1.59. The Morgan fingerprint density at radius 2 is 2.26 bits per heavy atom. The predicted octanol–water partition coefficient (Wildman–Crippen LogP) is 2.40. The molecule has 1 aromatic rings. The van der Waals surface area contributed by atoms with Crippen LogP contribution in [-0.4, -0.2) is 38.8 Å². The minimum Gasteiger partial charge on any atom is -0.493 e. The van der Waals surface area contributed by atoms with Crippen LogP contribution >= 0.6 is 12.4 Å². The lowest BCUT2D eigenvalue weighted by Crippen LogP contribution is -2.47. The van der Waals surface area contributed by atoms with Crippen molar-refractivity contribution in [1.29, 1.82) is 0 Å². The fourth-order valence-corrected chi connectivity index (χ4v) is 2.49. The third-order valence-corrected chi connectivity index (χ3v) is 3.57. The summed E-state index contributed by atoms with van der Waals surface area (Å²) in [5.41, 5.74) is 1.03. The Morgan fingerprint density at radius 3 is 2.91 bits per heavy atom. The van der Waals surface area contributed by atoms with E-state index in [0.717, 1.165) is 31.5 Å². The molecule has 1 fully saturated rings. The minimum absolute atomic E-state index is 0. The van der Waals surface area contributed by atoms with Crippen molar-refractivity contribution in [1.82, 2.24) is 10.6 Å². The van der Waals surface area contributed by atoms with Crippen LogP contribution in [0.1, 0.15) is 25.3 Å². The fourth-order valence-electron chi connectivity index (χ4n) is 2.49. The normalized spacial score (nSPS) is 17.4. The number of piperidine rings is 1. The van der Waals surface area contributed by atoms with E-state index < -0.39 is 0 Å². The second kappa shape index (κ2) is 10.1. The third kappa shape index (κ3) is 6.12. The topological polar surface area (TPSA) is 59.6 Å². The molecule has 1 saturated heterocycles. The standard InChI is InChI=1S/C17H24N2O3.ClH/c1-3-5-13-7-8-15(16(10-13)21-2)22-12-17(20)19-14-6-4-9-18-11-14;/h3,5,7-8,10,14,18H,4,6,9,11-12H2,1-2H3,(H,19,20);1H/b5-3+;/t14-;/m0./s1. The minimum atomic E-state index is -0.103. The van der Waals surface area contributed by atoms with Crippen LogP contribution in [0.5, 0.6) is 11.5 Å². The zero-order valence-corrected chi connectivity index (χ0v) is 14.4. The molecule has 1 amide bonds. The average molecular weight is 341 g/mol. The van der Waals surface area contributed by atoms with E-state index in [9.17, 15) is 4.79 Å². The molecule has 1 aromatic carbocycles. The number of hydrogen-bond acceptors (Lipinski definition) is 4. The molecule has 128 valence electrons. The first-order valence-electron chi connectivity index (χ1n) is 7.66. The van der Waals surface area contributed by atoms with E-state index in [-0.39, 0.29) is 31.0 Å². The first-order valence-corrected chi connectivity index (χ1v) is 7.66. The largest absolute Gasteiger partial charge is 0.493 e. The molecule has 0 unspecified atom stereocenters. The highest BCUT2D eigenvalue weighted by Gasteiger charge is 2.16. The molecule has 5 nitrogen and oxygen atoms in total. The van der Waals surface area contributed by atoms with Crippen LogP contribution in [0.25, 0.3) is 6.08 Å². The van der Waals surface area contributed by atoms with Crippen molar-refractivity contribution in [3.8, 4) is 11.5 Å². The summed E-state index contributed by atoms with van der Waals surface area (Å²) in [5, 5.41) is 6.25. The maximum absolute atomic E-state index is 11.9. The summed E-state index contributed by atoms with van der Waals surface area (Å²) in [4.78, 5) is 11.9. The molecular formula is C17H25ClN2O3. The van der Waals surface area contributed by atoms with E-state index in [1.165, 1.54) is 0 Å². The number of halogens is 1. The van der Waals surface area contributed by atoms with Gasteiger partial charge in [-0.05, 0) is 44.0 Å². The zero-order chi connectivity index (χ0) is 15.8. The first kappa shape index (κ1) is 19.3. The molecule has 6 heteroatoms. The van der Waals surface area contributed by atoms with Crippen LogP contribution in [0.2, 0.25) is 0 Å². The molecule has 1 atom stereocenters. The van der Waals surface area contributed by atoms with Gasteiger partial charge in [0, 0.05) is 12.6 Å². The van der Waals surface area contributed by atoms with Gasteiger partial charge >= 0.3 is 0 Å². The second-order valence-corrected chi connectivity index (χ2v) is 5.31. The van der Waals surface area contributed by atoms with Crippen molar-refractivity contribution in [2.75, 3.05) is 26.8 Å². The van der Waals surface area contributed by atoms with Gasteiger partial charge in [-0.15, -0.1) is 12.4 Å². The van der Waals surface area contributed by atoms with Gasteiger partial charge in [-0.2, -0.15) is 0 Å². The third-order valence-electron chi connectivity index (χ3n) is 3.57. The molecule has 23 heavy (non-hydrogen) atoms. The molecule has 0 saturated carbocycles. The zero-order valence-electron chi connectivity index (χ0n) is 13.6.